The number of halogens is 2. The number of nitrogens with two attached hydrogens (primary N) is 1. The zero-order valence-corrected chi connectivity index (χ0v) is 12.9. The summed E-state index contributed by atoms with van der Waals surface area (Å²) in [4.78, 5) is 0. The number of anilines is 1. The van der Waals surface area contributed by atoms with Crippen molar-refractivity contribution in [1.82, 2.24) is 0 Å². The third kappa shape index (κ3) is 2.86. The molecule has 0 spiro atoms. The molecule has 3 N–H and O–H groups in total. The summed E-state index contributed by atoms with van der Waals surface area (Å²) < 4.78 is 13.4. The predicted octanol–water partition coefficient (Wildman–Crippen LogP) is 3.75. The number of thioether (sulfide) groups is 1. The molecule has 0 saturated carbocycles. The highest BCUT2D eigenvalue weighted by atomic mass is 35.5. The van der Waals surface area contributed by atoms with E-state index in [0.29, 0.717) is 17.3 Å². The molecule has 1 unspecified atom stereocenters. The SMILES string of the molecule is CC1(C)CCSCC1(CN)Nc1cc(F)ccc1Cl. The average molecular weight is 303 g/mol. The van der Waals surface area contributed by atoms with Gasteiger partial charge in [0.25, 0.3) is 0 Å². The van der Waals surface area contributed by atoms with Crippen LogP contribution in [-0.4, -0.2) is 23.6 Å². The van der Waals surface area contributed by atoms with Gasteiger partial charge in [0.2, 0.25) is 0 Å². The molecule has 0 aromatic heterocycles. The molecule has 0 bridgehead atoms. The molecule has 2 nitrogen and oxygen atoms in total. The number of rotatable bonds is 3. The zero-order chi connectivity index (χ0) is 14.1. The first-order valence-electron chi connectivity index (χ1n) is 6.41. The van der Waals surface area contributed by atoms with E-state index in [1.165, 1.54) is 12.1 Å². The third-order valence-electron chi connectivity index (χ3n) is 4.17. The second kappa shape index (κ2) is 5.51. The van der Waals surface area contributed by atoms with Gasteiger partial charge in [0.05, 0.1) is 16.2 Å². The lowest BCUT2D eigenvalue weighted by Gasteiger charge is -2.50. The van der Waals surface area contributed by atoms with Gasteiger partial charge in [0, 0.05) is 12.3 Å². The minimum Gasteiger partial charge on any atom is -0.376 e. The molecular weight excluding hydrogens is 283 g/mol. The molecule has 106 valence electrons. The number of nitrogens with one attached hydrogen (secondary N) is 1. The van der Waals surface area contributed by atoms with Crippen LogP contribution in [0.5, 0.6) is 0 Å². The van der Waals surface area contributed by atoms with Gasteiger partial charge in [-0.15, -0.1) is 0 Å². The fourth-order valence-electron chi connectivity index (χ4n) is 2.45. The maximum Gasteiger partial charge on any atom is 0.125 e. The summed E-state index contributed by atoms with van der Waals surface area (Å²) in [5.41, 5.74) is 6.45. The normalized spacial score (nSPS) is 26.2. The third-order valence-corrected chi connectivity index (χ3v) is 5.69. The number of hydrogen-bond acceptors (Lipinski definition) is 3. The number of hydrogen-bond donors (Lipinski definition) is 2. The van der Waals surface area contributed by atoms with Crippen molar-refractivity contribution in [3.05, 3.63) is 29.0 Å². The molecule has 0 radical (unpaired) electrons. The van der Waals surface area contributed by atoms with E-state index >= 15 is 0 Å². The van der Waals surface area contributed by atoms with E-state index in [1.54, 1.807) is 6.07 Å². The van der Waals surface area contributed by atoms with Crippen molar-refractivity contribution < 1.29 is 4.39 Å². The minimum atomic E-state index is -0.291. The summed E-state index contributed by atoms with van der Waals surface area (Å²) in [6.45, 7) is 4.92. The summed E-state index contributed by atoms with van der Waals surface area (Å²) in [5.74, 6) is 1.75. The average Bonchev–Trinajstić information content (AvgIpc) is 2.36. The van der Waals surface area contributed by atoms with Gasteiger partial charge in [0.1, 0.15) is 5.82 Å². The second-order valence-electron chi connectivity index (χ2n) is 5.72. The van der Waals surface area contributed by atoms with Crippen LogP contribution in [0.25, 0.3) is 0 Å². The molecule has 1 aromatic carbocycles. The summed E-state index contributed by atoms with van der Waals surface area (Å²) in [7, 11) is 0. The molecule has 0 amide bonds. The predicted molar refractivity (Wildman–Crippen MR) is 82.5 cm³/mol. The molecule has 1 fully saturated rings. The van der Waals surface area contributed by atoms with Crippen LogP contribution in [-0.2, 0) is 0 Å². The Morgan fingerprint density at radius 1 is 1.47 bits per heavy atom. The highest BCUT2D eigenvalue weighted by Crippen LogP contribution is 2.44. The molecular formula is C14H20ClFN2S. The Labute approximate surface area is 123 Å². The molecule has 2 rings (SSSR count). The quantitative estimate of drug-likeness (QED) is 0.893. The molecule has 0 aliphatic carbocycles. The van der Waals surface area contributed by atoms with Gasteiger partial charge in [-0.25, -0.2) is 4.39 Å². The highest BCUT2D eigenvalue weighted by Gasteiger charge is 2.46. The zero-order valence-electron chi connectivity index (χ0n) is 11.3. The second-order valence-corrected chi connectivity index (χ2v) is 7.23. The Hall–Kier alpha value is -0.450. The van der Waals surface area contributed by atoms with E-state index in [4.69, 9.17) is 17.3 Å². The topological polar surface area (TPSA) is 38.0 Å². The van der Waals surface area contributed by atoms with E-state index in [9.17, 15) is 4.39 Å². The van der Waals surface area contributed by atoms with Crippen molar-refractivity contribution in [3.63, 3.8) is 0 Å². The van der Waals surface area contributed by atoms with Crippen LogP contribution in [0, 0.1) is 11.2 Å². The van der Waals surface area contributed by atoms with Crippen LogP contribution >= 0.6 is 23.4 Å². The van der Waals surface area contributed by atoms with E-state index in [-0.39, 0.29) is 16.8 Å². The Morgan fingerprint density at radius 3 is 2.84 bits per heavy atom. The molecule has 1 aliphatic heterocycles. The summed E-state index contributed by atoms with van der Waals surface area (Å²) in [6, 6.07) is 4.38. The van der Waals surface area contributed by atoms with Crippen molar-refractivity contribution in [2.75, 3.05) is 23.4 Å². The summed E-state index contributed by atoms with van der Waals surface area (Å²) >= 11 is 8.03. The lowest BCUT2D eigenvalue weighted by molar-refractivity contribution is 0.203. The van der Waals surface area contributed by atoms with Crippen molar-refractivity contribution in [3.8, 4) is 0 Å². The van der Waals surface area contributed by atoms with E-state index in [2.05, 4.69) is 19.2 Å². The van der Waals surface area contributed by atoms with Crippen LogP contribution < -0.4 is 11.1 Å². The van der Waals surface area contributed by atoms with Crippen LogP contribution in [0.3, 0.4) is 0 Å². The first-order chi connectivity index (χ1) is 8.90. The lowest BCUT2D eigenvalue weighted by atomic mass is 9.70. The Balaban J connectivity index is 2.34. The standard InChI is InChI=1S/C14H20ClFN2S/c1-13(2)5-6-19-9-14(13,8-17)18-12-7-10(16)3-4-11(12)15/h3-4,7,18H,5-6,8-9,17H2,1-2H3. The molecule has 1 heterocycles. The molecule has 19 heavy (non-hydrogen) atoms. The maximum absolute atomic E-state index is 13.4. The van der Waals surface area contributed by atoms with Gasteiger partial charge in [-0.1, -0.05) is 25.4 Å². The van der Waals surface area contributed by atoms with Gasteiger partial charge < -0.3 is 11.1 Å². The highest BCUT2D eigenvalue weighted by molar-refractivity contribution is 7.99. The Bertz CT molecular complexity index is 467. The largest absolute Gasteiger partial charge is 0.376 e. The molecule has 1 saturated heterocycles. The Kier molecular flexibility index (Phi) is 4.33. The van der Waals surface area contributed by atoms with Crippen LogP contribution in [0.1, 0.15) is 20.3 Å². The van der Waals surface area contributed by atoms with Gasteiger partial charge in [-0.3, -0.25) is 0 Å². The summed E-state index contributed by atoms with van der Waals surface area (Å²) in [5, 5.41) is 3.95. The van der Waals surface area contributed by atoms with Crippen molar-refractivity contribution >= 4 is 29.1 Å². The minimum absolute atomic E-state index is 0.0443. The van der Waals surface area contributed by atoms with Crippen LogP contribution in [0.2, 0.25) is 5.02 Å². The first-order valence-corrected chi connectivity index (χ1v) is 7.94. The van der Waals surface area contributed by atoms with Crippen molar-refractivity contribution in [1.29, 1.82) is 0 Å². The first kappa shape index (κ1) is 14.9. The fourth-order valence-corrected chi connectivity index (χ4v) is 4.34. The maximum atomic E-state index is 13.4. The van der Waals surface area contributed by atoms with Crippen molar-refractivity contribution in [2.24, 2.45) is 11.1 Å². The van der Waals surface area contributed by atoms with Gasteiger partial charge in [-0.2, -0.15) is 11.8 Å². The smallest absolute Gasteiger partial charge is 0.125 e. The molecule has 1 atom stereocenters. The molecule has 1 aromatic rings. The van der Waals surface area contributed by atoms with Gasteiger partial charge >= 0.3 is 0 Å². The van der Waals surface area contributed by atoms with Gasteiger partial charge in [0.15, 0.2) is 0 Å². The van der Waals surface area contributed by atoms with Crippen LogP contribution in [0.4, 0.5) is 10.1 Å². The number of benzene rings is 1. The van der Waals surface area contributed by atoms with E-state index in [1.807, 2.05) is 11.8 Å². The molecule has 1 aliphatic rings. The Morgan fingerprint density at radius 2 is 2.21 bits per heavy atom. The fraction of sp³-hybridized carbons (Fsp3) is 0.571. The van der Waals surface area contributed by atoms with E-state index in [0.717, 1.165) is 17.9 Å². The van der Waals surface area contributed by atoms with Crippen molar-refractivity contribution in [2.45, 2.75) is 25.8 Å². The van der Waals surface area contributed by atoms with E-state index < -0.39 is 0 Å². The van der Waals surface area contributed by atoms with Crippen LogP contribution in [0.15, 0.2) is 18.2 Å². The lowest BCUT2D eigenvalue weighted by Crippen LogP contribution is -2.60. The van der Waals surface area contributed by atoms with Gasteiger partial charge in [-0.05, 0) is 35.8 Å². The molecule has 5 heteroatoms. The summed E-state index contributed by atoms with van der Waals surface area (Å²) in [6.07, 6.45) is 1.08. The monoisotopic (exact) mass is 302 g/mol.